The Morgan fingerprint density at radius 3 is 2.41 bits per heavy atom. The van der Waals surface area contributed by atoms with E-state index in [4.69, 9.17) is 14.2 Å². The molecule has 1 aromatic carbocycles. The number of ketones is 1. The Bertz CT molecular complexity index is 2060. The topological polar surface area (TPSA) is 158 Å². The molecule has 6 rings (SSSR count). The van der Waals surface area contributed by atoms with Gasteiger partial charge in [-0.15, -0.1) is 0 Å². The van der Waals surface area contributed by atoms with Crippen LogP contribution < -0.4 is 14.2 Å². The van der Waals surface area contributed by atoms with Crippen LogP contribution in [0.25, 0.3) is 10.8 Å². The number of pyridine rings is 1. The monoisotopic (exact) mass is 829 g/mol. The highest BCUT2D eigenvalue weighted by molar-refractivity contribution is 7.91. The van der Waals surface area contributed by atoms with E-state index >= 15 is 4.79 Å². The maximum Gasteiger partial charge on any atom is 0.307 e. The van der Waals surface area contributed by atoms with E-state index in [1.54, 1.807) is 6.92 Å². The molecule has 1 aromatic heterocycles. The standard InChI is InChI=1S/C43H57F2N3O9S/c1-8-27-19-26(2)13-9-10-14-28-22-43(28,39(52)47-58(53,54)41(5)17-18-41)23-34(49)33-20-29(56-37-31-16-12-11-15-30(31)35(55-7)24-46-37)25-48(33)38(51)32(27)21-36(50)57-40(3,4)42(6,44)45/h10-12,14-16,24,26-29,32-33H,8-9,13,17-23,25H2,1-7H3,(H,47,52)/b14-10-/t26-,27+,28+,29+,32-,33-,43+/m0/s1. The molecule has 2 aliphatic heterocycles. The number of allylic oxidation sites excluding steroid dienone is 2. The smallest absolute Gasteiger partial charge is 0.307 e. The fraction of sp³-hybridized carbons (Fsp3) is 0.651. The van der Waals surface area contributed by atoms with E-state index in [-0.39, 0.29) is 43.5 Å². The predicted octanol–water partition coefficient (Wildman–Crippen LogP) is 6.94. The van der Waals surface area contributed by atoms with Crippen LogP contribution in [0, 0.1) is 29.1 Å². The number of esters is 1. The van der Waals surface area contributed by atoms with Gasteiger partial charge in [0.15, 0.2) is 11.4 Å². The number of methoxy groups -OCH3 is 1. The zero-order chi connectivity index (χ0) is 42.4. The summed E-state index contributed by atoms with van der Waals surface area (Å²) in [5.41, 5.74) is -3.49. The van der Waals surface area contributed by atoms with Gasteiger partial charge in [-0.05, 0) is 83.1 Å². The van der Waals surface area contributed by atoms with Gasteiger partial charge < -0.3 is 19.1 Å². The van der Waals surface area contributed by atoms with Crippen LogP contribution in [0.1, 0.15) is 106 Å². The number of alkyl halides is 2. The van der Waals surface area contributed by atoms with Crippen LogP contribution in [-0.4, -0.2) is 83.9 Å². The van der Waals surface area contributed by atoms with Crippen molar-refractivity contribution in [3.05, 3.63) is 42.6 Å². The molecule has 4 aliphatic rings. The van der Waals surface area contributed by atoms with E-state index in [1.165, 1.54) is 18.2 Å². The molecule has 58 heavy (non-hydrogen) atoms. The highest BCUT2D eigenvalue weighted by Gasteiger charge is 2.63. The van der Waals surface area contributed by atoms with Crippen molar-refractivity contribution in [3.63, 3.8) is 0 Å². The Morgan fingerprint density at radius 1 is 1.09 bits per heavy atom. The Kier molecular flexibility index (Phi) is 12.1. The second-order valence-electron chi connectivity index (χ2n) is 17.9. The van der Waals surface area contributed by atoms with Gasteiger partial charge in [0.1, 0.15) is 11.9 Å². The number of hydrogen-bond donors (Lipinski definition) is 1. The second kappa shape index (κ2) is 16.1. The molecule has 0 bridgehead atoms. The van der Waals surface area contributed by atoms with Gasteiger partial charge in [-0.25, -0.2) is 22.2 Å². The van der Waals surface area contributed by atoms with E-state index < -0.39 is 85.7 Å². The average Bonchev–Trinajstić information content (AvgIpc) is 4.04. The van der Waals surface area contributed by atoms with Crippen molar-refractivity contribution in [3.8, 4) is 11.6 Å². The van der Waals surface area contributed by atoms with Crippen molar-refractivity contribution in [2.75, 3.05) is 13.7 Å². The Labute approximate surface area is 339 Å². The number of Topliss-reactive ketones (excluding diaryl/α,β-unsaturated/α-hetero) is 1. The van der Waals surface area contributed by atoms with Crippen LogP contribution >= 0.6 is 0 Å². The van der Waals surface area contributed by atoms with Gasteiger partial charge in [0.25, 0.3) is 5.92 Å². The minimum atomic E-state index is -4.01. The van der Waals surface area contributed by atoms with Crippen LogP contribution in [0.5, 0.6) is 11.6 Å². The minimum Gasteiger partial charge on any atom is -0.494 e. The van der Waals surface area contributed by atoms with Gasteiger partial charge in [0.05, 0.1) is 48.4 Å². The lowest BCUT2D eigenvalue weighted by Crippen LogP contribution is -2.49. The van der Waals surface area contributed by atoms with Crippen LogP contribution in [-0.2, 0) is 33.9 Å². The van der Waals surface area contributed by atoms with E-state index in [1.807, 2.05) is 50.3 Å². The summed E-state index contributed by atoms with van der Waals surface area (Å²) in [6, 6.07) is 6.24. The number of nitrogens with one attached hydrogen (secondary N) is 1. The maximum atomic E-state index is 15.0. The van der Waals surface area contributed by atoms with E-state index in [2.05, 4.69) is 9.71 Å². The van der Waals surface area contributed by atoms with Crippen molar-refractivity contribution in [2.24, 2.45) is 29.1 Å². The van der Waals surface area contributed by atoms with Gasteiger partial charge in [-0.1, -0.05) is 50.6 Å². The number of sulfonamides is 1. The molecule has 15 heteroatoms. The molecule has 318 valence electrons. The molecule has 12 nitrogen and oxygen atoms in total. The fourth-order valence-corrected chi connectivity index (χ4v) is 9.83. The lowest BCUT2D eigenvalue weighted by atomic mass is 9.79. The number of carbonyl (C=O) groups excluding carboxylic acids is 4. The van der Waals surface area contributed by atoms with E-state index in [9.17, 15) is 31.6 Å². The number of ether oxygens (including phenoxy) is 3. The van der Waals surface area contributed by atoms with Gasteiger partial charge in [-0.2, -0.15) is 0 Å². The number of hydrogen-bond acceptors (Lipinski definition) is 10. The molecule has 3 fully saturated rings. The number of halogens is 2. The van der Waals surface area contributed by atoms with Gasteiger partial charge in [0, 0.05) is 30.5 Å². The highest BCUT2D eigenvalue weighted by atomic mass is 32.2. The normalized spacial score (nSPS) is 29.6. The summed E-state index contributed by atoms with van der Waals surface area (Å²) < 4.78 is 74.1. The fourth-order valence-electron chi connectivity index (χ4n) is 8.49. The van der Waals surface area contributed by atoms with E-state index in [0.29, 0.717) is 50.2 Å². The molecular formula is C43H57F2N3O9S. The molecule has 2 amide bonds. The van der Waals surface area contributed by atoms with Crippen molar-refractivity contribution in [2.45, 2.75) is 134 Å². The Hall–Kier alpha value is -4.14. The quantitative estimate of drug-likeness (QED) is 0.186. The lowest BCUT2D eigenvalue weighted by molar-refractivity contribution is -0.197. The van der Waals surface area contributed by atoms with Crippen molar-refractivity contribution >= 4 is 44.4 Å². The predicted molar refractivity (Wildman–Crippen MR) is 213 cm³/mol. The minimum absolute atomic E-state index is 0.0284. The molecule has 2 saturated carbocycles. The van der Waals surface area contributed by atoms with Gasteiger partial charge in [-0.3, -0.25) is 23.9 Å². The lowest BCUT2D eigenvalue weighted by Gasteiger charge is -2.35. The summed E-state index contributed by atoms with van der Waals surface area (Å²) in [4.78, 5) is 63.2. The van der Waals surface area contributed by atoms with Crippen LogP contribution in [0.4, 0.5) is 8.78 Å². The van der Waals surface area contributed by atoms with Crippen molar-refractivity contribution in [1.82, 2.24) is 14.6 Å². The molecule has 2 aliphatic carbocycles. The van der Waals surface area contributed by atoms with E-state index in [0.717, 1.165) is 25.7 Å². The number of benzene rings is 1. The number of aromatic nitrogens is 1. The summed E-state index contributed by atoms with van der Waals surface area (Å²) in [5.74, 6) is -6.93. The highest BCUT2D eigenvalue weighted by Crippen LogP contribution is 2.58. The maximum absolute atomic E-state index is 15.0. The summed E-state index contributed by atoms with van der Waals surface area (Å²) >= 11 is 0. The first-order valence-corrected chi connectivity index (χ1v) is 21.9. The molecule has 0 spiro atoms. The first-order chi connectivity index (χ1) is 27.1. The van der Waals surface area contributed by atoms with Crippen LogP contribution in [0.15, 0.2) is 42.6 Å². The Morgan fingerprint density at radius 2 is 1.78 bits per heavy atom. The number of carbonyl (C=O) groups is 4. The van der Waals surface area contributed by atoms with Crippen molar-refractivity contribution < 1.29 is 50.6 Å². The zero-order valence-corrected chi connectivity index (χ0v) is 35.3. The molecule has 7 atom stereocenters. The number of fused-ring (bicyclic) bond motifs is 3. The third-order valence-electron chi connectivity index (χ3n) is 13.2. The molecule has 0 radical (unpaired) electrons. The van der Waals surface area contributed by atoms with Crippen LogP contribution in [0.2, 0.25) is 0 Å². The van der Waals surface area contributed by atoms with Crippen molar-refractivity contribution in [1.29, 1.82) is 0 Å². The number of rotatable bonds is 11. The molecule has 1 saturated heterocycles. The summed E-state index contributed by atoms with van der Waals surface area (Å²) in [6.45, 7) is 8.39. The zero-order valence-electron chi connectivity index (χ0n) is 34.5. The second-order valence-corrected chi connectivity index (χ2v) is 20.0. The molecule has 3 heterocycles. The largest absolute Gasteiger partial charge is 0.494 e. The number of nitrogens with zero attached hydrogens (tertiary/aromatic N) is 2. The van der Waals surface area contributed by atoms with Crippen LogP contribution in [0.3, 0.4) is 0 Å². The first-order valence-electron chi connectivity index (χ1n) is 20.4. The average molecular weight is 830 g/mol. The SMILES string of the molecule is CC[C@@H]1C[C@@H](C)CC/C=C\[C@@H]2C[C@@]2(C(=O)NS(=O)(=O)C2(C)CC2)CC(=O)[C@@H]2C[C@@H](Oc3ncc(OC)c4ccccc34)CN2C(=O)[C@H]1CC(=O)OC(C)(C)C(C)(F)F. The molecule has 0 unspecified atom stereocenters. The summed E-state index contributed by atoms with van der Waals surface area (Å²) in [6.07, 6.45) is 7.35. The molecule has 2 aromatic rings. The third kappa shape index (κ3) is 8.74. The molecular weight excluding hydrogens is 773 g/mol. The van der Waals surface area contributed by atoms with Gasteiger partial charge in [0.2, 0.25) is 27.7 Å². The summed E-state index contributed by atoms with van der Waals surface area (Å²) in [5, 5.41) is 1.39. The first kappa shape index (κ1) is 43.4. The Balaban J connectivity index is 1.37. The summed E-state index contributed by atoms with van der Waals surface area (Å²) in [7, 11) is -2.48. The van der Waals surface area contributed by atoms with Gasteiger partial charge >= 0.3 is 5.97 Å². The number of amides is 2. The molecule has 1 N–H and O–H groups in total. The third-order valence-corrected chi connectivity index (χ3v) is 15.3.